The fourth-order valence-corrected chi connectivity index (χ4v) is 5.11. The summed E-state index contributed by atoms with van der Waals surface area (Å²) in [5.41, 5.74) is 3.04. The molecule has 0 radical (unpaired) electrons. The highest BCUT2D eigenvalue weighted by molar-refractivity contribution is 5.87. The van der Waals surface area contributed by atoms with E-state index in [2.05, 4.69) is 22.8 Å². The Labute approximate surface area is 206 Å². The number of carbonyl (C=O) groups is 3. The van der Waals surface area contributed by atoms with Gasteiger partial charge in [0.15, 0.2) is 0 Å². The molecule has 0 saturated heterocycles. The lowest BCUT2D eigenvalue weighted by molar-refractivity contribution is -0.139. The fraction of sp³-hybridized carbons (Fsp3) is 0.464. The van der Waals surface area contributed by atoms with Gasteiger partial charge in [-0.3, -0.25) is 9.59 Å². The van der Waals surface area contributed by atoms with Gasteiger partial charge in [-0.05, 0) is 53.4 Å². The van der Waals surface area contributed by atoms with E-state index in [-0.39, 0.29) is 24.9 Å². The molecule has 0 spiro atoms. The van der Waals surface area contributed by atoms with Crippen LogP contribution in [0.25, 0.3) is 11.1 Å². The van der Waals surface area contributed by atoms with Crippen molar-refractivity contribution in [2.75, 3.05) is 6.61 Å². The summed E-state index contributed by atoms with van der Waals surface area (Å²) in [4.78, 5) is 37.6. The third-order valence-corrected chi connectivity index (χ3v) is 7.14. The highest BCUT2D eigenvalue weighted by Gasteiger charge is 2.46. The number of carbonyl (C=O) groups excluding carboxylic acids is 2. The topological polar surface area (TPSA) is 105 Å². The van der Waals surface area contributed by atoms with Gasteiger partial charge in [-0.15, -0.1) is 0 Å². The fourth-order valence-electron chi connectivity index (χ4n) is 5.11. The normalized spacial score (nSPS) is 17.5. The Morgan fingerprint density at radius 1 is 0.971 bits per heavy atom. The SMILES string of the molecule is CC(CC(=O)O)(NC(=O)[C@@H](NC(=O)OCC1c2ccccc2-c2ccccc21)C(C)(C)C)C1CC1. The number of fused-ring (bicyclic) bond motifs is 3. The lowest BCUT2D eigenvalue weighted by Gasteiger charge is -2.35. The standard InChI is InChI=1S/C28H34N2O5/c1-27(2,3)24(25(33)30-28(4,15-23(31)32)17-13-14-17)29-26(34)35-16-22-20-11-7-5-9-18(20)19-10-6-8-12-21(19)22/h5-12,17,22,24H,13-16H2,1-4H3,(H,29,34)(H,30,33)(H,31,32)/t24-,28?/m1/s1. The van der Waals surface area contributed by atoms with E-state index in [9.17, 15) is 19.5 Å². The first-order valence-corrected chi connectivity index (χ1v) is 12.1. The largest absolute Gasteiger partial charge is 0.481 e. The summed E-state index contributed by atoms with van der Waals surface area (Å²) in [6.07, 6.45) is 0.924. The Morgan fingerprint density at radius 3 is 2.00 bits per heavy atom. The van der Waals surface area contributed by atoms with Crippen molar-refractivity contribution in [3.8, 4) is 11.1 Å². The van der Waals surface area contributed by atoms with Crippen LogP contribution in [-0.4, -0.2) is 41.3 Å². The van der Waals surface area contributed by atoms with E-state index in [0.29, 0.717) is 0 Å². The maximum absolute atomic E-state index is 13.3. The zero-order valence-corrected chi connectivity index (χ0v) is 20.8. The number of ether oxygens (including phenoxy) is 1. The molecule has 2 amide bonds. The molecule has 1 unspecified atom stereocenters. The van der Waals surface area contributed by atoms with Gasteiger partial charge in [-0.2, -0.15) is 0 Å². The first-order chi connectivity index (χ1) is 16.5. The monoisotopic (exact) mass is 478 g/mol. The van der Waals surface area contributed by atoms with Crippen LogP contribution in [-0.2, 0) is 14.3 Å². The lowest BCUT2D eigenvalue weighted by atomic mass is 9.84. The Hall–Kier alpha value is -3.35. The number of aliphatic carboxylic acids is 1. The molecule has 3 N–H and O–H groups in total. The minimum atomic E-state index is -0.962. The summed E-state index contributed by atoms with van der Waals surface area (Å²) >= 11 is 0. The van der Waals surface area contributed by atoms with E-state index in [4.69, 9.17) is 4.74 Å². The van der Waals surface area contributed by atoms with Crippen molar-refractivity contribution >= 4 is 18.0 Å². The summed E-state index contributed by atoms with van der Waals surface area (Å²) in [6.45, 7) is 7.48. The van der Waals surface area contributed by atoms with Crippen molar-refractivity contribution in [3.63, 3.8) is 0 Å². The quantitative estimate of drug-likeness (QED) is 0.510. The number of carboxylic acid groups (broad SMARTS) is 1. The summed E-state index contributed by atoms with van der Waals surface area (Å²) in [5, 5.41) is 15.0. The highest BCUT2D eigenvalue weighted by atomic mass is 16.5. The number of rotatable bonds is 8. The van der Waals surface area contributed by atoms with Gasteiger partial charge in [0.05, 0.1) is 12.0 Å². The number of hydrogen-bond acceptors (Lipinski definition) is 4. The predicted octanol–water partition coefficient (Wildman–Crippen LogP) is 4.70. The number of amides is 2. The van der Waals surface area contributed by atoms with Crippen molar-refractivity contribution in [3.05, 3.63) is 59.7 Å². The molecule has 2 aliphatic carbocycles. The Kier molecular flexibility index (Phi) is 6.62. The average Bonchev–Trinajstić information content (AvgIpc) is 3.59. The van der Waals surface area contributed by atoms with Gasteiger partial charge in [0.25, 0.3) is 0 Å². The molecular weight excluding hydrogens is 444 g/mol. The lowest BCUT2D eigenvalue weighted by Crippen LogP contribution is -2.59. The van der Waals surface area contributed by atoms with Crippen molar-refractivity contribution in [1.82, 2.24) is 10.6 Å². The van der Waals surface area contributed by atoms with E-state index in [1.54, 1.807) is 6.92 Å². The molecule has 7 heteroatoms. The van der Waals surface area contributed by atoms with Gasteiger partial charge in [-0.1, -0.05) is 69.3 Å². The smallest absolute Gasteiger partial charge is 0.407 e. The molecule has 0 aliphatic heterocycles. The van der Waals surface area contributed by atoms with E-state index >= 15 is 0 Å². The molecule has 2 aromatic rings. The third-order valence-electron chi connectivity index (χ3n) is 7.14. The molecule has 35 heavy (non-hydrogen) atoms. The Morgan fingerprint density at radius 2 is 1.51 bits per heavy atom. The Balaban J connectivity index is 1.44. The minimum Gasteiger partial charge on any atom is -0.481 e. The van der Waals surface area contributed by atoms with Crippen LogP contribution in [0.1, 0.15) is 64.0 Å². The minimum absolute atomic E-state index is 0.0798. The highest BCUT2D eigenvalue weighted by Crippen LogP contribution is 2.44. The molecule has 0 aromatic heterocycles. The van der Waals surface area contributed by atoms with Crippen molar-refractivity contribution in [2.45, 2.75) is 64.5 Å². The Bertz CT molecular complexity index is 1090. The molecule has 2 aromatic carbocycles. The molecule has 1 saturated carbocycles. The number of alkyl carbamates (subject to hydrolysis) is 1. The van der Waals surface area contributed by atoms with Crippen LogP contribution in [0.3, 0.4) is 0 Å². The van der Waals surface area contributed by atoms with Crippen LogP contribution in [0.2, 0.25) is 0 Å². The summed E-state index contributed by atoms with van der Waals surface area (Å²) < 4.78 is 5.65. The molecule has 0 bridgehead atoms. The van der Waals surface area contributed by atoms with Gasteiger partial charge >= 0.3 is 12.1 Å². The van der Waals surface area contributed by atoms with Crippen molar-refractivity contribution in [1.29, 1.82) is 0 Å². The van der Waals surface area contributed by atoms with Crippen molar-refractivity contribution in [2.24, 2.45) is 11.3 Å². The van der Waals surface area contributed by atoms with E-state index in [0.717, 1.165) is 35.1 Å². The summed E-state index contributed by atoms with van der Waals surface area (Å²) in [6, 6.07) is 15.3. The van der Waals surface area contributed by atoms with E-state index < -0.39 is 35.0 Å². The van der Waals surface area contributed by atoms with Gasteiger partial charge < -0.3 is 20.5 Å². The number of nitrogens with one attached hydrogen (secondary N) is 2. The van der Waals surface area contributed by atoms with Crippen LogP contribution in [0.15, 0.2) is 48.5 Å². The van der Waals surface area contributed by atoms with E-state index in [1.807, 2.05) is 57.2 Å². The maximum atomic E-state index is 13.3. The summed E-state index contributed by atoms with van der Waals surface area (Å²) in [5.74, 6) is -1.32. The second kappa shape index (κ2) is 9.36. The average molecular weight is 479 g/mol. The molecular formula is C28H34N2O5. The predicted molar refractivity (Wildman–Crippen MR) is 133 cm³/mol. The van der Waals surface area contributed by atoms with Crippen LogP contribution >= 0.6 is 0 Å². The molecule has 2 aliphatic rings. The van der Waals surface area contributed by atoms with E-state index in [1.165, 1.54) is 0 Å². The van der Waals surface area contributed by atoms with Gasteiger partial charge in [0, 0.05) is 5.92 Å². The number of hydrogen-bond donors (Lipinski definition) is 3. The second-order valence-corrected chi connectivity index (χ2v) is 11.0. The molecule has 1 fully saturated rings. The maximum Gasteiger partial charge on any atom is 0.407 e. The van der Waals surface area contributed by atoms with Crippen LogP contribution in [0.4, 0.5) is 4.79 Å². The molecule has 7 nitrogen and oxygen atoms in total. The first kappa shape index (κ1) is 24.8. The second-order valence-electron chi connectivity index (χ2n) is 11.0. The molecule has 0 heterocycles. The zero-order valence-electron chi connectivity index (χ0n) is 20.8. The third kappa shape index (κ3) is 5.34. The molecule has 2 atom stereocenters. The van der Waals surface area contributed by atoms with Crippen LogP contribution in [0.5, 0.6) is 0 Å². The zero-order chi connectivity index (χ0) is 25.4. The number of carboxylic acids is 1. The first-order valence-electron chi connectivity index (χ1n) is 12.1. The van der Waals surface area contributed by atoms with Gasteiger partial charge in [-0.25, -0.2) is 4.79 Å². The van der Waals surface area contributed by atoms with Gasteiger partial charge in [0.2, 0.25) is 5.91 Å². The van der Waals surface area contributed by atoms with Gasteiger partial charge in [0.1, 0.15) is 12.6 Å². The molecule has 4 rings (SSSR count). The molecule has 186 valence electrons. The van der Waals surface area contributed by atoms with Crippen LogP contribution < -0.4 is 10.6 Å². The number of benzene rings is 2. The van der Waals surface area contributed by atoms with Crippen LogP contribution in [0, 0.1) is 11.3 Å². The van der Waals surface area contributed by atoms with Crippen molar-refractivity contribution < 1.29 is 24.2 Å². The summed E-state index contributed by atoms with van der Waals surface area (Å²) in [7, 11) is 0.